The molecule has 0 aliphatic carbocycles. The van der Waals surface area contributed by atoms with Crippen LogP contribution in [0.1, 0.15) is 36.9 Å². The van der Waals surface area contributed by atoms with Crippen molar-refractivity contribution in [2.24, 2.45) is 5.92 Å². The topological polar surface area (TPSA) is 51.2 Å². The van der Waals surface area contributed by atoms with E-state index in [-0.39, 0.29) is 29.0 Å². The lowest BCUT2D eigenvalue weighted by atomic mass is 9.94. The second-order valence-electron chi connectivity index (χ2n) is 4.99. The van der Waals surface area contributed by atoms with Crippen LogP contribution in [0.5, 0.6) is 0 Å². The standard InChI is InChI=1S/C14H18O3S3/c1-9(15)10(8-18)7-12(16)14(2,3)20-13(17)11-5-4-6-19-11/h4-6,10,18H,7-8H2,1-3H3/t10-/m0/s1. The van der Waals surface area contributed by atoms with E-state index in [9.17, 15) is 14.4 Å². The van der Waals surface area contributed by atoms with Gasteiger partial charge in [-0.25, -0.2) is 0 Å². The molecule has 0 fully saturated rings. The van der Waals surface area contributed by atoms with Crippen LogP contribution < -0.4 is 0 Å². The average molecular weight is 330 g/mol. The Morgan fingerprint density at radius 3 is 2.50 bits per heavy atom. The molecular weight excluding hydrogens is 312 g/mol. The van der Waals surface area contributed by atoms with Crippen LogP contribution in [-0.4, -0.2) is 27.2 Å². The molecule has 1 heterocycles. The van der Waals surface area contributed by atoms with Gasteiger partial charge in [0.05, 0.1) is 9.62 Å². The van der Waals surface area contributed by atoms with Crippen LogP contribution in [0.2, 0.25) is 0 Å². The van der Waals surface area contributed by atoms with Gasteiger partial charge in [-0.3, -0.25) is 14.4 Å². The Hall–Kier alpha value is -0.590. The lowest BCUT2D eigenvalue weighted by molar-refractivity contribution is -0.126. The van der Waals surface area contributed by atoms with E-state index in [1.54, 1.807) is 26.0 Å². The monoisotopic (exact) mass is 330 g/mol. The van der Waals surface area contributed by atoms with Crippen molar-refractivity contribution in [1.82, 2.24) is 0 Å². The molecule has 0 saturated heterocycles. The first-order valence-electron chi connectivity index (χ1n) is 6.19. The minimum absolute atomic E-state index is 0.0428. The third kappa shape index (κ3) is 4.75. The second-order valence-corrected chi connectivity index (χ2v) is 7.90. The number of thioether (sulfide) groups is 1. The van der Waals surface area contributed by atoms with Crippen LogP contribution in [0, 0.1) is 5.92 Å². The lowest BCUT2D eigenvalue weighted by Gasteiger charge is -2.23. The molecule has 110 valence electrons. The summed E-state index contributed by atoms with van der Waals surface area (Å²) >= 11 is 6.48. The molecular formula is C14H18O3S3. The maximum absolute atomic E-state index is 12.3. The Kier molecular flexibility index (Phi) is 6.48. The summed E-state index contributed by atoms with van der Waals surface area (Å²) in [5.74, 6) is -0.163. The van der Waals surface area contributed by atoms with Crippen LogP contribution in [0.25, 0.3) is 0 Å². The highest BCUT2D eigenvalue weighted by atomic mass is 32.2. The summed E-state index contributed by atoms with van der Waals surface area (Å²) in [6, 6.07) is 3.55. The number of Topliss-reactive ketones (excluding diaryl/α,β-unsaturated/α-hetero) is 2. The molecule has 6 heteroatoms. The first-order valence-corrected chi connectivity index (χ1v) is 8.52. The molecule has 1 aromatic heterocycles. The van der Waals surface area contributed by atoms with Gasteiger partial charge in [0, 0.05) is 18.1 Å². The molecule has 1 aromatic rings. The van der Waals surface area contributed by atoms with Crippen LogP contribution in [0.3, 0.4) is 0 Å². The van der Waals surface area contributed by atoms with Gasteiger partial charge in [-0.2, -0.15) is 12.6 Å². The van der Waals surface area contributed by atoms with E-state index in [0.29, 0.717) is 10.6 Å². The fourth-order valence-electron chi connectivity index (χ4n) is 1.54. The lowest BCUT2D eigenvalue weighted by Crippen LogP contribution is -2.32. The Labute approximate surface area is 132 Å². The summed E-state index contributed by atoms with van der Waals surface area (Å²) in [5, 5.41) is 1.72. The van der Waals surface area contributed by atoms with E-state index in [0.717, 1.165) is 11.8 Å². The summed E-state index contributed by atoms with van der Waals surface area (Å²) < 4.78 is -0.836. The van der Waals surface area contributed by atoms with Crippen LogP contribution in [0.4, 0.5) is 0 Å². The second kappa shape index (κ2) is 7.43. The SMILES string of the molecule is CC(=O)[C@H](CS)CC(=O)C(C)(C)SC(=O)c1cccs1. The van der Waals surface area contributed by atoms with Gasteiger partial charge in [-0.1, -0.05) is 17.8 Å². The molecule has 0 aliphatic heterocycles. The maximum atomic E-state index is 12.3. The predicted molar refractivity (Wildman–Crippen MR) is 88.0 cm³/mol. The molecule has 0 N–H and O–H groups in total. The fourth-order valence-corrected chi connectivity index (χ4v) is 3.58. The van der Waals surface area contributed by atoms with Crippen molar-refractivity contribution in [1.29, 1.82) is 0 Å². The van der Waals surface area contributed by atoms with E-state index in [1.165, 1.54) is 18.3 Å². The highest BCUT2D eigenvalue weighted by molar-refractivity contribution is 8.16. The van der Waals surface area contributed by atoms with Crippen molar-refractivity contribution in [3.05, 3.63) is 22.4 Å². The normalized spacial score (nSPS) is 13.0. The number of hydrogen-bond donors (Lipinski definition) is 1. The molecule has 3 nitrogen and oxygen atoms in total. The fraction of sp³-hybridized carbons (Fsp3) is 0.500. The largest absolute Gasteiger partial charge is 0.300 e. The Morgan fingerprint density at radius 2 is 2.05 bits per heavy atom. The summed E-state index contributed by atoms with van der Waals surface area (Å²) in [5.41, 5.74) is 0. The number of carbonyl (C=O) groups is 3. The molecule has 20 heavy (non-hydrogen) atoms. The van der Waals surface area contributed by atoms with Gasteiger partial charge in [0.2, 0.25) is 5.12 Å². The molecule has 0 amide bonds. The molecule has 0 spiro atoms. The van der Waals surface area contributed by atoms with E-state index >= 15 is 0 Å². The minimum Gasteiger partial charge on any atom is -0.300 e. The van der Waals surface area contributed by atoms with Crippen molar-refractivity contribution in [3.63, 3.8) is 0 Å². The molecule has 0 aromatic carbocycles. The minimum atomic E-state index is -0.836. The Bertz CT molecular complexity index is 492. The van der Waals surface area contributed by atoms with Gasteiger partial charge >= 0.3 is 0 Å². The van der Waals surface area contributed by atoms with Gasteiger partial charge in [0.25, 0.3) is 0 Å². The Balaban J connectivity index is 2.70. The third-order valence-corrected chi connectivity index (χ3v) is 5.55. The first-order chi connectivity index (χ1) is 9.27. The summed E-state index contributed by atoms with van der Waals surface area (Å²) in [6.45, 7) is 4.91. The van der Waals surface area contributed by atoms with E-state index in [1.807, 2.05) is 5.38 Å². The van der Waals surface area contributed by atoms with Crippen molar-refractivity contribution < 1.29 is 14.4 Å². The van der Waals surface area contributed by atoms with Crippen molar-refractivity contribution in [2.75, 3.05) is 5.75 Å². The third-order valence-electron chi connectivity index (χ3n) is 2.97. The summed E-state index contributed by atoms with van der Waals surface area (Å²) in [6.07, 6.45) is 0.135. The predicted octanol–water partition coefficient (Wildman–Crippen LogP) is 3.49. The summed E-state index contributed by atoms with van der Waals surface area (Å²) in [4.78, 5) is 36.3. The molecule has 0 aliphatic rings. The molecule has 0 saturated carbocycles. The van der Waals surface area contributed by atoms with Gasteiger partial charge in [0.1, 0.15) is 11.6 Å². The summed E-state index contributed by atoms with van der Waals surface area (Å²) in [7, 11) is 0. The van der Waals surface area contributed by atoms with Crippen molar-refractivity contribution >= 4 is 52.4 Å². The van der Waals surface area contributed by atoms with Crippen LogP contribution in [-0.2, 0) is 9.59 Å². The molecule has 0 bridgehead atoms. The zero-order valence-electron chi connectivity index (χ0n) is 11.7. The number of hydrogen-bond acceptors (Lipinski definition) is 6. The smallest absolute Gasteiger partial charge is 0.230 e. The van der Waals surface area contributed by atoms with Crippen molar-refractivity contribution in [3.8, 4) is 0 Å². The maximum Gasteiger partial charge on any atom is 0.230 e. The van der Waals surface area contributed by atoms with Crippen molar-refractivity contribution in [2.45, 2.75) is 31.9 Å². The van der Waals surface area contributed by atoms with Gasteiger partial charge in [-0.15, -0.1) is 11.3 Å². The van der Waals surface area contributed by atoms with E-state index in [2.05, 4.69) is 12.6 Å². The zero-order chi connectivity index (χ0) is 15.3. The van der Waals surface area contributed by atoms with Crippen LogP contribution in [0.15, 0.2) is 17.5 Å². The number of thiol groups is 1. The van der Waals surface area contributed by atoms with Gasteiger partial charge in [0.15, 0.2) is 0 Å². The quantitative estimate of drug-likeness (QED) is 0.778. The number of thiophene rings is 1. The average Bonchev–Trinajstić information content (AvgIpc) is 2.88. The highest BCUT2D eigenvalue weighted by Crippen LogP contribution is 2.32. The molecule has 0 unspecified atom stereocenters. The number of ketones is 2. The molecule has 0 radical (unpaired) electrons. The number of carbonyl (C=O) groups excluding carboxylic acids is 3. The Morgan fingerprint density at radius 1 is 1.40 bits per heavy atom. The van der Waals surface area contributed by atoms with Gasteiger partial charge < -0.3 is 0 Å². The highest BCUT2D eigenvalue weighted by Gasteiger charge is 2.33. The van der Waals surface area contributed by atoms with E-state index < -0.39 is 4.75 Å². The molecule has 1 atom stereocenters. The first kappa shape index (κ1) is 17.5. The van der Waals surface area contributed by atoms with Crippen LogP contribution >= 0.6 is 35.7 Å². The number of rotatable bonds is 7. The zero-order valence-corrected chi connectivity index (χ0v) is 14.2. The van der Waals surface area contributed by atoms with E-state index in [4.69, 9.17) is 0 Å². The molecule has 1 rings (SSSR count). The van der Waals surface area contributed by atoms with Gasteiger partial charge in [-0.05, 0) is 32.2 Å².